The Morgan fingerprint density at radius 3 is 2.72 bits per heavy atom. The summed E-state index contributed by atoms with van der Waals surface area (Å²) in [5.74, 6) is -0.632. The topological polar surface area (TPSA) is 68.0 Å². The van der Waals surface area contributed by atoms with Crippen molar-refractivity contribution < 1.29 is 9.18 Å². The third-order valence-corrected chi connectivity index (χ3v) is 5.67. The van der Waals surface area contributed by atoms with Crippen molar-refractivity contribution in [2.24, 2.45) is 0 Å². The van der Waals surface area contributed by atoms with Crippen LogP contribution >= 0.6 is 11.3 Å². The van der Waals surface area contributed by atoms with E-state index in [-0.39, 0.29) is 11.7 Å². The summed E-state index contributed by atoms with van der Waals surface area (Å²) in [5, 5.41) is 3.62. The van der Waals surface area contributed by atoms with Crippen LogP contribution in [0.3, 0.4) is 0 Å². The van der Waals surface area contributed by atoms with Gasteiger partial charge in [0.1, 0.15) is 15.5 Å². The minimum Gasteiger partial charge on any atom is -0.397 e. The van der Waals surface area contributed by atoms with E-state index < -0.39 is 0 Å². The fourth-order valence-electron chi connectivity index (χ4n) is 3.23. The lowest BCUT2D eigenvalue weighted by Crippen LogP contribution is -2.11. The van der Waals surface area contributed by atoms with Gasteiger partial charge in [-0.25, -0.2) is 9.37 Å². The number of anilines is 2. The maximum absolute atomic E-state index is 13.0. The molecule has 3 aromatic rings. The van der Waals surface area contributed by atoms with Crippen LogP contribution in [0.1, 0.15) is 40.2 Å². The molecule has 4 rings (SSSR count). The second-order valence-corrected chi connectivity index (χ2v) is 7.31. The molecule has 0 radical (unpaired) electrons. The van der Waals surface area contributed by atoms with E-state index in [1.807, 2.05) is 0 Å². The summed E-state index contributed by atoms with van der Waals surface area (Å²) in [6, 6.07) is 7.77. The highest BCUT2D eigenvalue weighted by atomic mass is 32.1. The molecule has 0 saturated heterocycles. The number of nitrogen functional groups attached to an aromatic ring is 1. The van der Waals surface area contributed by atoms with Crippen LogP contribution in [-0.2, 0) is 12.8 Å². The number of hydrogen-bond donors (Lipinski definition) is 2. The van der Waals surface area contributed by atoms with E-state index in [1.165, 1.54) is 54.0 Å². The molecule has 1 amide bonds. The van der Waals surface area contributed by atoms with Gasteiger partial charge in [-0.2, -0.15) is 0 Å². The van der Waals surface area contributed by atoms with Gasteiger partial charge in [-0.15, -0.1) is 11.3 Å². The third kappa shape index (κ3) is 3.09. The number of carbonyl (C=O) groups excluding carboxylic acids is 1. The Hall–Kier alpha value is -2.47. The van der Waals surface area contributed by atoms with Crippen LogP contribution in [0, 0.1) is 5.82 Å². The molecule has 3 N–H and O–H groups in total. The van der Waals surface area contributed by atoms with Gasteiger partial charge in [-0.1, -0.05) is 6.42 Å². The van der Waals surface area contributed by atoms with E-state index in [4.69, 9.17) is 10.7 Å². The molecule has 1 aliphatic carbocycles. The van der Waals surface area contributed by atoms with E-state index in [0.717, 1.165) is 35.2 Å². The molecule has 0 atom stereocenters. The van der Waals surface area contributed by atoms with Crippen molar-refractivity contribution in [1.82, 2.24) is 4.98 Å². The summed E-state index contributed by atoms with van der Waals surface area (Å²) in [6.07, 6.45) is 5.56. The lowest BCUT2D eigenvalue weighted by molar-refractivity contribution is 0.103. The molecule has 0 spiro atoms. The standard InChI is InChI=1S/C19H18FN3OS/c20-12-6-8-13(9-7-12)22-18(24)17-16(21)14-10-11-4-2-1-3-5-15(11)23-19(14)25-17/h6-10H,1-5,21H2,(H,22,24). The lowest BCUT2D eigenvalue weighted by atomic mass is 10.1. The fourth-order valence-corrected chi connectivity index (χ4v) is 4.22. The van der Waals surface area contributed by atoms with Crippen molar-refractivity contribution in [3.63, 3.8) is 0 Å². The minimum absolute atomic E-state index is 0.290. The van der Waals surface area contributed by atoms with E-state index in [9.17, 15) is 9.18 Å². The lowest BCUT2D eigenvalue weighted by Gasteiger charge is -2.05. The van der Waals surface area contributed by atoms with Gasteiger partial charge in [-0.05, 0) is 61.6 Å². The van der Waals surface area contributed by atoms with Crippen LogP contribution in [0.2, 0.25) is 0 Å². The quantitative estimate of drug-likeness (QED) is 0.663. The summed E-state index contributed by atoms with van der Waals surface area (Å²) < 4.78 is 13.0. The second-order valence-electron chi connectivity index (χ2n) is 6.31. The van der Waals surface area contributed by atoms with Crippen molar-refractivity contribution in [3.05, 3.63) is 52.3 Å². The smallest absolute Gasteiger partial charge is 0.267 e. The first-order valence-corrected chi connectivity index (χ1v) is 9.21. The molecule has 128 valence electrons. The fraction of sp³-hybridized carbons (Fsp3) is 0.263. The average Bonchev–Trinajstić information content (AvgIpc) is 2.78. The van der Waals surface area contributed by atoms with Gasteiger partial charge in [0.05, 0.1) is 5.69 Å². The number of aryl methyl sites for hydroxylation is 2. The van der Waals surface area contributed by atoms with E-state index in [0.29, 0.717) is 16.3 Å². The number of nitrogens with two attached hydrogens (primary N) is 1. The maximum atomic E-state index is 13.0. The predicted octanol–water partition coefficient (Wildman–Crippen LogP) is 4.54. The number of rotatable bonds is 2. The molecule has 0 aliphatic heterocycles. The van der Waals surface area contributed by atoms with Crippen molar-refractivity contribution >= 4 is 38.8 Å². The number of fused-ring (bicyclic) bond motifs is 2. The Balaban J connectivity index is 1.68. The van der Waals surface area contributed by atoms with Crippen LogP contribution in [0.4, 0.5) is 15.8 Å². The Morgan fingerprint density at radius 1 is 1.16 bits per heavy atom. The SMILES string of the molecule is Nc1c(C(=O)Nc2ccc(F)cc2)sc2nc3c(cc12)CCCCC3. The third-order valence-electron chi connectivity index (χ3n) is 4.56. The van der Waals surface area contributed by atoms with Gasteiger partial charge in [0, 0.05) is 16.8 Å². The Morgan fingerprint density at radius 2 is 1.92 bits per heavy atom. The minimum atomic E-state index is -0.343. The average molecular weight is 355 g/mol. The largest absolute Gasteiger partial charge is 0.397 e. The molecular formula is C19H18FN3OS. The van der Waals surface area contributed by atoms with Gasteiger partial charge in [0.2, 0.25) is 0 Å². The Bertz CT molecular complexity index is 949. The first kappa shape index (κ1) is 16.0. The van der Waals surface area contributed by atoms with Crippen LogP contribution in [-0.4, -0.2) is 10.9 Å². The molecule has 0 unspecified atom stereocenters. The number of benzene rings is 1. The number of thiophene rings is 1. The number of amides is 1. The Kier molecular flexibility index (Phi) is 4.13. The molecule has 4 nitrogen and oxygen atoms in total. The first-order chi connectivity index (χ1) is 12.1. The summed E-state index contributed by atoms with van der Waals surface area (Å²) in [6.45, 7) is 0. The van der Waals surface area contributed by atoms with E-state index in [2.05, 4.69) is 11.4 Å². The molecule has 6 heteroatoms. The van der Waals surface area contributed by atoms with Gasteiger partial charge in [-0.3, -0.25) is 4.79 Å². The highest BCUT2D eigenvalue weighted by molar-refractivity contribution is 7.21. The zero-order valence-electron chi connectivity index (χ0n) is 13.6. The first-order valence-electron chi connectivity index (χ1n) is 8.39. The molecule has 0 bridgehead atoms. The summed E-state index contributed by atoms with van der Waals surface area (Å²) in [7, 11) is 0. The molecule has 0 fully saturated rings. The molecule has 2 aromatic heterocycles. The zero-order chi connectivity index (χ0) is 17.4. The second kappa shape index (κ2) is 6.44. The van der Waals surface area contributed by atoms with Crippen LogP contribution in [0.5, 0.6) is 0 Å². The van der Waals surface area contributed by atoms with Gasteiger partial charge in [0.25, 0.3) is 5.91 Å². The Labute approximate surface area is 148 Å². The van der Waals surface area contributed by atoms with Gasteiger partial charge < -0.3 is 11.1 Å². The number of nitrogens with one attached hydrogen (secondary N) is 1. The summed E-state index contributed by atoms with van der Waals surface area (Å²) >= 11 is 1.31. The van der Waals surface area contributed by atoms with Crippen LogP contribution < -0.4 is 11.1 Å². The van der Waals surface area contributed by atoms with Crippen molar-refractivity contribution in [1.29, 1.82) is 0 Å². The highest BCUT2D eigenvalue weighted by Gasteiger charge is 2.20. The van der Waals surface area contributed by atoms with E-state index >= 15 is 0 Å². The zero-order valence-corrected chi connectivity index (χ0v) is 14.5. The highest BCUT2D eigenvalue weighted by Crippen LogP contribution is 2.35. The van der Waals surface area contributed by atoms with Crippen molar-refractivity contribution in [2.75, 3.05) is 11.1 Å². The predicted molar refractivity (Wildman–Crippen MR) is 99.6 cm³/mol. The van der Waals surface area contributed by atoms with Gasteiger partial charge >= 0.3 is 0 Å². The van der Waals surface area contributed by atoms with Crippen LogP contribution in [0.15, 0.2) is 30.3 Å². The molecular weight excluding hydrogens is 337 g/mol. The monoisotopic (exact) mass is 355 g/mol. The molecule has 1 aliphatic rings. The summed E-state index contributed by atoms with van der Waals surface area (Å²) in [4.78, 5) is 18.6. The number of nitrogens with zero attached hydrogens (tertiary/aromatic N) is 1. The number of pyridine rings is 1. The van der Waals surface area contributed by atoms with Crippen molar-refractivity contribution in [3.8, 4) is 0 Å². The van der Waals surface area contributed by atoms with E-state index in [1.54, 1.807) is 0 Å². The molecule has 0 saturated carbocycles. The maximum Gasteiger partial charge on any atom is 0.267 e. The number of hydrogen-bond acceptors (Lipinski definition) is 4. The number of carbonyl (C=O) groups is 1. The molecule has 2 heterocycles. The van der Waals surface area contributed by atoms with Gasteiger partial charge in [0.15, 0.2) is 0 Å². The molecule has 1 aromatic carbocycles. The number of halogens is 1. The number of aromatic nitrogens is 1. The van der Waals surface area contributed by atoms with Crippen LogP contribution in [0.25, 0.3) is 10.2 Å². The van der Waals surface area contributed by atoms with Crippen molar-refractivity contribution in [2.45, 2.75) is 32.1 Å². The molecule has 25 heavy (non-hydrogen) atoms. The normalized spacial score (nSPS) is 14.1. The summed E-state index contributed by atoms with van der Waals surface area (Å²) in [5.41, 5.74) is 9.63.